The van der Waals surface area contributed by atoms with Gasteiger partial charge in [0.2, 0.25) is 10.0 Å². The third-order valence-corrected chi connectivity index (χ3v) is 5.35. The number of nitrogens with zero attached hydrogens (tertiary/aromatic N) is 1. The fourth-order valence-corrected chi connectivity index (χ4v) is 4.01. The topological polar surface area (TPSA) is 83.6 Å². The number of aliphatic hydroxyl groups is 1. The molecule has 2 fully saturated rings. The number of nitrogens with two attached hydrogens (primary N) is 1. The maximum Gasteiger partial charge on any atom is 0.240 e. The summed E-state index contributed by atoms with van der Waals surface area (Å²) in [5, 5.41) is 15.9. The van der Waals surface area contributed by atoms with E-state index in [4.69, 9.17) is 5.14 Å². The maximum atomic E-state index is 14.2. The fraction of sp³-hybridized carbons (Fsp3) is 0.571. The first kappa shape index (κ1) is 14.7. The summed E-state index contributed by atoms with van der Waals surface area (Å²) in [5.74, 6) is -0.383. The number of sulfonamides is 1. The predicted molar refractivity (Wildman–Crippen MR) is 76.9 cm³/mol. The Morgan fingerprint density at radius 2 is 2.10 bits per heavy atom. The number of piperidine rings is 1. The van der Waals surface area contributed by atoms with Gasteiger partial charge in [0.1, 0.15) is 10.7 Å². The summed E-state index contributed by atoms with van der Waals surface area (Å²) in [5.41, 5.74) is -0.866. The number of para-hydroxylation sites is 1. The van der Waals surface area contributed by atoms with Crippen molar-refractivity contribution in [3.05, 3.63) is 24.0 Å². The number of hydrogen-bond acceptors (Lipinski definition) is 4. The Hall–Kier alpha value is -1.18. The molecular formula is C14H19FN2O3S. The van der Waals surface area contributed by atoms with Crippen molar-refractivity contribution in [3.8, 4) is 0 Å². The van der Waals surface area contributed by atoms with E-state index < -0.39 is 21.4 Å². The number of rotatable bonds is 3. The van der Waals surface area contributed by atoms with Crippen molar-refractivity contribution in [1.82, 2.24) is 0 Å². The summed E-state index contributed by atoms with van der Waals surface area (Å²) in [6.07, 6.45) is 3.33. The first-order chi connectivity index (χ1) is 9.81. The van der Waals surface area contributed by atoms with Gasteiger partial charge >= 0.3 is 0 Å². The largest absolute Gasteiger partial charge is 0.388 e. The molecule has 0 aromatic heterocycles. The Bertz CT molecular complexity index is 660. The highest BCUT2D eigenvalue weighted by atomic mass is 32.2. The van der Waals surface area contributed by atoms with Crippen molar-refractivity contribution >= 4 is 15.7 Å². The number of β-amino-alcohol motifs (C(OH)–C–C–N with tert-alkyl or cyclic N) is 1. The van der Waals surface area contributed by atoms with Gasteiger partial charge in [-0.3, -0.25) is 0 Å². The van der Waals surface area contributed by atoms with E-state index in [0.717, 1.165) is 12.8 Å². The molecule has 0 radical (unpaired) electrons. The lowest BCUT2D eigenvalue weighted by Crippen LogP contribution is -2.50. The van der Waals surface area contributed by atoms with Crippen LogP contribution in [0.2, 0.25) is 0 Å². The van der Waals surface area contributed by atoms with Gasteiger partial charge < -0.3 is 10.0 Å². The molecule has 3 rings (SSSR count). The van der Waals surface area contributed by atoms with E-state index in [1.165, 1.54) is 18.2 Å². The van der Waals surface area contributed by atoms with Gasteiger partial charge in [0.15, 0.2) is 0 Å². The number of halogens is 1. The Morgan fingerprint density at radius 3 is 2.71 bits per heavy atom. The van der Waals surface area contributed by atoms with Gasteiger partial charge in [-0.15, -0.1) is 0 Å². The number of primary sulfonamides is 1. The molecular weight excluding hydrogens is 295 g/mol. The van der Waals surface area contributed by atoms with Crippen LogP contribution >= 0.6 is 0 Å². The SMILES string of the molecule is NS(=O)(=O)c1cccc(F)c1N1CCCC(O)(C2CC2)C1. The van der Waals surface area contributed by atoms with Crippen LogP contribution in [0.25, 0.3) is 0 Å². The van der Waals surface area contributed by atoms with Gasteiger partial charge in [-0.1, -0.05) is 6.07 Å². The summed E-state index contributed by atoms with van der Waals surface area (Å²) in [6.45, 7) is 0.763. The summed E-state index contributed by atoms with van der Waals surface area (Å²) in [7, 11) is -4.01. The van der Waals surface area contributed by atoms with E-state index in [0.29, 0.717) is 19.4 Å². The molecule has 21 heavy (non-hydrogen) atoms. The van der Waals surface area contributed by atoms with Gasteiger partial charge in [0, 0.05) is 13.1 Å². The van der Waals surface area contributed by atoms with Gasteiger partial charge in [0.25, 0.3) is 0 Å². The van der Waals surface area contributed by atoms with Crippen molar-refractivity contribution < 1.29 is 17.9 Å². The Morgan fingerprint density at radius 1 is 1.38 bits per heavy atom. The van der Waals surface area contributed by atoms with Crippen molar-refractivity contribution in [2.75, 3.05) is 18.0 Å². The second-order valence-corrected chi connectivity index (χ2v) is 7.56. The molecule has 1 saturated heterocycles. The molecule has 5 nitrogen and oxygen atoms in total. The van der Waals surface area contributed by atoms with Crippen LogP contribution in [0.4, 0.5) is 10.1 Å². The molecule has 1 aromatic carbocycles. The number of benzene rings is 1. The smallest absolute Gasteiger partial charge is 0.240 e. The van der Waals surface area contributed by atoms with Crippen molar-refractivity contribution in [2.45, 2.75) is 36.2 Å². The molecule has 7 heteroatoms. The van der Waals surface area contributed by atoms with Gasteiger partial charge in [0.05, 0.1) is 11.3 Å². The van der Waals surface area contributed by atoms with Crippen LogP contribution < -0.4 is 10.0 Å². The highest BCUT2D eigenvalue weighted by molar-refractivity contribution is 7.89. The highest BCUT2D eigenvalue weighted by Gasteiger charge is 2.46. The third-order valence-electron chi connectivity index (χ3n) is 4.41. The Balaban J connectivity index is 2.00. The highest BCUT2D eigenvalue weighted by Crippen LogP contribution is 2.45. The molecule has 0 bridgehead atoms. The minimum atomic E-state index is -4.01. The molecule has 1 unspecified atom stereocenters. The molecule has 116 valence electrons. The monoisotopic (exact) mass is 314 g/mol. The molecule has 0 spiro atoms. The molecule has 3 N–H and O–H groups in total. The zero-order valence-corrected chi connectivity index (χ0v) is 12.4. The van der Waals surface area contributed by atoms with Crippen molar-refractivity contribution in [3.63, 3.8) is 0 Å². The van der Waals surface area contributed by atoms with Gasteiger partial charge in [-0.05, 0) is 43.7 Å². The second kappa shape index (κ2) is 4.93. The first-order valence-corrected chi connectivity index (χ1v) is 8.64. The van der Waals surface area contributed by atoms with E-state index in [1.807, 2.05) is 0 Å². The maximum absolute atomic E-state index is 14.2. The lowest BCUT2D eigenvalue weighted by atomic mass is 9.88. The van der Waals surface area contributed by atoms with Crippen LogP contribution in [-0.2, 0) is 10.0 Å². The van der Waals surface area contributed by atoms with Crippen LogP contribution in [0.3, 0.4) is 0 Å². The van der Waals surface area contributed by atoms with Crippen molar-refractivity contribution in [1.29, 1.82) is 0 Å². The van der Waals surface area contributed by atoms with Crippen LogP contribution in [0.5, 0.6) is 0 Å². The van der Waals surface area contributed by atoms with Crippen LogP contribution in [0, 0.1) is 11.7 Å². The number of hydrogen-bond donors (Lipinski definition) is 2. The molecule has 1 aliphatic carbocycles. The average molecular weight is 314 g/mol. The molecule has 1 saturated carbocycles. The quantitative estimate of drug-likeness (QED) is 0.878. The lowest BCUT2D eigenvalue weighted by Gasteiger charge is -2.41. The minimum absolute atomic E-state index is 0.0150. The van der Waals surface area contributed by atoms with Crippen LogP contribution in [0.15, 0.2) is 23.1 Å². The Labute approximate surface area is 123 Å². The van der Waals surface area contributed by atoms with Gasteiger partial charge in [-0.25, -0.2) is 17.9 Å². The second-order valence-electron chi connectivity index (χ2n) is 6.03. The van der Waals surface area contributed by atoms with E-state index in [9.17, 15) is 17.9 Å². The van der Waals surface area contributed by atoms with Gasteiger partial charge in [-0.2, -0.15) is 0 Å². The lowest BCUT2D eigenvalue weighted by molar-refractivity contribution is 0.00414. The summed E-state index contributed by atoms with van der Waals surface area (Å²) in [6, 6.07) is 3.85. The predicted octanol–water partition coefficient (Wildman–Crippen LogP) is 1.21. The third kappa shape index (κ3) is 2.77. The first-order valence-electron chi connectivity index (χ1n) is 7.10. The molecule has 1 atom stereocenters. The zero-order valence-electron chi connectivity index (χ0n) is 11.6. The van der Waals surface area contributed by atoms with Crippen molar-refractivity contribution in [2.24, 2.45) is 11.1 Å². The van der Waals surface area contributed by atoms with E-state index in [2.05, 4.69) is 0 Å². The Kier molecular flexibility index (Phi) is 3.46. The van der Waals surface area contributed by atoms with E-state index in [1.54, 1.807) is 4.90 Å². The fourth-order valence-electron chi connectivity index (χ4n) is 3.24. The normalized spacial score (nSPS) is 26.9. The molecule has 1 heterocycles. The molecule has 0 amide bonds. The standard InChI is InChI=1S/C14H19FN2O3S/c15-11-3-1-4-12(21(16,19)20)13(11)17-8-2-7-14(18,9-17)10-5-6-10/h1,3-4,10,18H,2,5-9H2,(H2,16,19,20). The zero-order chi connectivity index (χ0) is 15.3. The van der Waals surface area contributed by atoms with E-state index in [-0.39, 0.29) is 23.0 Å². The summed E-state index contributed by atoms with van der Waals surface area (Å²) in [4.78, 5) is 1.40. The number of anilines is 1. The average Bonchev–Trinajstić information content (AvgIpc) is 3.22. The van der Waals surface area contributed by atoms with E-state index >= 15 is 0 Å². The van der Waals surface area contributed by atoms with Crippen LogP contribution in [-0.4, -0.2) is 32.2 Å². The van der Waals surface area contributed by atoms with Crippen LogP contribution in [0.1, 0.15) is 25.7 Å². The minimum Gasteiger partial charge on any atom is -0.388 e. The molecule has 2 aliphatic rings. The summed E-state index contributed by atoms with van der Waals surface area (Å²) >= 11 is 0. The molecule has 1 aromatic rings. The summed E-state index contributed by atoms with van der Waals surface area (Å²) < 4.78 is 37.5. The molecule has 1 aliphatic heterocycles.